The van der Waals surface area contributed by atoms with Crippen molar-refractivity contribution in [3.63, 3.8) is 0 Å². The fraction of sp³-hybridized carbons (Fsp3) is 0.370. The molecule has 1 N–H and O–H groups in total. The van der Waals surface area contributed by atoms with E-state index < -0.39 is 30.2 Å². The van der Waals surface area contributed by atoms with Gasteiger partial charge >= 0.3 is 12.4 Å². The second-order valence-electron chi connectivity index (χ2n) is 10.6. The number of hydrogen-bond acceptors (Lipinski definition) is 1. The summed E-state index contributed by atoms with van der Waals surface area (Å²) in [5.41, 5.74) is 1.47. The predicted molar refractivity (Wildman–Crippen MR) is 134 cm³/mol. The Morgan fingerprint density at radius 1 is 0.750 bits per heavy atom. The normalized spacial score (nSPS) is 12.6. The van der Waals surface area contributed by atoms with Crippen LogP contribution in [0.15, 0.2) is 67.4 Å². The third kappa shape index (κ3) is 7.52. The molecule has 3 aromatic rings. The van der Waals surface area contributed by atoms with Crippen molar-refractivity contribution in [2.75, 3.05) is 0 Å². The number of alkyl halides is 6. The van der Waals surface area contributed by atoms with Gasteiger partial charge in [0.1, 0.15) is 0 Å². The van der Waals surface area contributed by atoms with Crippen molar-refractivity contribution in [3.8, 4) is 0 Å². The van der Waals surface area contributed by atoms with Crippen molar-refractivity contribution < 1.29 is 26.3 Å². The minimum Gasteiger partial charge on any atom is -0.348 e. The molecule has 194 valence electrons. The maximum Gasteiger partial charge on any atom is 0.416 e. The van der Waals surface area contributed by atoms with Gasteiger partial charge in [0, 0.05) is 16.5 Å². The first-order valence-electron chi connectivity index (χ1n) is 11.4. The summed E-state index contributed by atoms with van der Waals surface area (Å²) in [5, 5.41) is 0. The van der Waals surface area contributed by atoms with Gasteiger partial charge < -0.3 is 4.98 Å². The Morgan fingerprint density at radius 2 is 1.19 bits per heavy atom. The monoisotopic (exact) mass is 508 g/mol. The van der Waals surface area contributed by atoms with Crippen molar-refractivity contribution in [1.29, 1.82) is 0 Å². The van der Waals surface area contributed by atoms with Gasteiger partial charge in [-0.2, -0.15) is 26.3 Å². The van der Waals surface area contributed by atoms with Gasteiger partial charge in [0.15, 0.2) is 0 Å². The predicted octanol–water partition coefficient (Wildman–Crippen LogP) is 7.06. The molecule has 3 rings (SSSR count). The molecule has 0 aliphatic carbocycles. The van der Waals surface area contributed by atoms with Crippen LogP contribution in [0.3, 0.4) is 0 Å². The lowest BCUT2D eigenvalue weighted by atomic mass is 9.41. The standard InChI is InChI=1S/C16H11BF6.C11H20N2/c1-2-17(13-7-3-5-11(9-13)15(18,19)20)14-8-4-6-12(10-14)16(21,22)23;1-10(2,3)8-9(11(4,5)6)13-7-12-8/h2-10H,1H2;7H,1-6H3,(H,12,13). The highest BCUT2D eigenvalue weighted by atomic mass is 19.4. The number of nitrogens with zero attached hydrogens (tertiary/aromatic N) is 1. The Balaban J connectivity index is 0.000000297. The highest BCUT2D eigenvalue weighted by Crippen LogP contribution is 2.31. The van der Waals surface area contributed by atoms with E-state index in [0.717, 1.165) is 24.3 Å². The van der Waals surface area contributed by atoms with E-state index in [1.165, 1.54) is 41.6 Å². The third-order valence-corrected chi connectivity index (χ3v) is 5.48. The number of H-pyrrole nitrogens is 1. The zero-order chi connectivity index (χ0) is 27.5. The Labute approximate surface area is 208 Å². The quantitative estimate of drug-likeness (QED) is 0.298. The number of benzene rings is 2. The molecule has 0 bridgehead atoms. The summed E-state index contributed by atoms with van der Waals surface area (Å²) in [7, 11) is 0. The molecule has 9 heteroatoms. The maximum atomic E-state index is 12.8. The van der Waals surface area contributed by atoms with Gasteiger partial charge in [0.05, 0.1) is 23.1 Å². The summed E-state index contributed by atoms with van der Waals surface area (Å²) >= 11 is 0. The van der Waals surface area contributed by atoms with Gasteiger partial charge in [0.2, 0.25) is 6.71 Å². The van der Waals surface area contributed by atoms with Gasteiger partial charge in [-0.15, -0.1) is 12.6 Å². The topological polar surface area (TPSA) is 28.7 Å². The van der Waals surface area contributed by atoms with Crippen molar-refractivity contribution in [2.45, 2.75) is 64.7 Å². The SMILES string of the molecule is C=CB(c1cccc(C(F)(F)F)c1)c1cccc(C(F)(F)F)c1.CC(C)(C)c1nc[nH]c1C(C)(C)C. The third-order valence-electron chi connectivity index (χ3n) is 5.48. The second kappa shape index (κ2) is 10.6. The number of imidazole rings is 1. The molecular formula is C27H31BF6N2. The van der Waals surface area contributed by atoms with Crippen LogP contribution < -0.4 is 10.9 Å². The van der Waals surface area contributed by atoms with E-state index >= 15 is 0 Å². The van der Waals surface area contributed by atoms with Crippen LogP contribution in [0.1, 0.15) is 64.1 Å². The molecule has 0 atom stereocenters. The second-order valence-corrected chi connectivity index (χ2v) is 10.6. The maximum absolute atomic E-state index is 12.8. The molecule has 0 spiro atoms. The number of hydrogen-bond donors (Lipinski definition) is 1. The molecule has 0 amide bonds. The smallest absolute Gasteiger partial charge is 0.348 e. The van der Waals surface area contributed by atoms with Gasteiger partial charge in [-0.1, -0.05) is 101 Å². The number of halogens is 6. The number of aromatic amines is 1. The van der Waals surface area contributed by atoms with Gasteiger partial charge in [-0.25, -0.2) is 4.98 Å². The van der Waals surface area contributed by atoms with Crippen LogP contribution in [0, 0.1) is 0 Å². The van der Waals surface area contributed by atoms with Crippen LogP contribution in [0.25, 0.3) is 0 Å². The molecule has 0 saturated heterocycles. The van der Waals surface area contributed by atoms with Crippen LogP contribution in [0.5, 0.6) is 0 Å². The molecule has 36 heavy (non-hydrogen) atoms. The van der Waals surface area contributed by atoms with E-state index in [-0.39, 0.29) is 21.8 Å². The summed E-state index contributed by atoms with van der Waals surface area (Å²) in [6.07, 6.45) is -7.24. The number of aromatic nitrogens is 2. The summed E-state index contributed by atoms with van der Waals surface area (Å²) in [6, 6.07) is 8.99. The lowest BCUT2D eigenvalue weighted by Crippen LogP contribution is -2.41. The van der Waals surface area contributed by atoms with Crippen LogP contribution in [0.2, 0.25) is 0 Å². The zero-order valence-electron chi connectivity index (χ0n) is 21.3. The minimum absolute atomic E-state index is 0.128. The first-order valence-corrected chi connectivity index (χ1v) is 11.4. The molecule has 0 radical (unpaired) electrons. The zero-order valence-corrected chi connectivity index (χ0v) is 21.3. The van der Waals surface area contributed by atoms with Crippen LogP contribution in [0.4, 0.5) is 26.3 Å². The van der Waals surface area contributed by atoms with Gasteiger partial charge in [0.25, 0.3) is 0 Å². The Bertz CT molecular complexity index is 1080. The molecule has 0 saturated carbocycles. The first-order chi connectivity index (χ1) is 16.4. The molecular weight excluding hydrogens is 477 g/mol. The number of rotatable bonds is 3. The lowest BCUT2D eigenvalue weighted by molar-refractivity contribution is -0.138. The molecule has 1 heterocycles. The highest BCUT2D eigenvalue weighted by Gasteiger charge is 2.33. The molecule has 0 fully saturated rings. The highest BCUT2D eigenvalue weighted by molar-refractivity contribution is 6.89. The summed E-state index contributed by atoms with van der Waals surface area (Å²) < 4.78 is 76.7. The lowest BCUT2D eigenvalue weighted by Gasteiger charge is -2.24. The van der Waals surface area contributed by atoms with E-state index in [4.69, 9.17) is 0 Å². The van der Waals surface area contributed by atoms with E-state index in [1.807, 2.05) is 0 Å². The van der Waals surface area contributed by atoms with Crippen LogP contribution in [-0.2, 0) is 23.2 Å². The van der Waals surface area contributed by atoms with E-state index in [9.17, 15) is 26.3 Å². The average molecular weight is 508 g/mol. The Hall–Kier alpha value is -2.97. The largest absolute Gasteiger partial charge is 0.416 e. The van der Waals surface area contributed by atoms with Crippen molar-refractivity contribution in [1.82, 2.24) is 9.97 Å². The molecule has 0 unspecified atom stereocenters. The van der Waals surface area contributed by atoms with Gasteiger partial charge in [-0.3, -0.25) is 0 Å². The summed E-state index contributed by atoms with van der Waals surface area (Å²) in [6.45, 7) is 16.0. The van der Waals surface area contributed by atoms with Crippen LogP contribution >= 0.6 is 0 Å². The molecule has 0 aliphatic heterocycles. The van der Waals surface area contributed by atoms with E-state index in [0.29, 0.717) is 0 Å². The molecule has 0 aliphatic rings. The van der Waals surface area contributed by atoms with Crippen molar-refractivity contribution in [3.05, 3.63) is 89.9 Å². The molecule has 1 aromatic heterocycles. The summed E-state index contributed by atoms with van der Waals surface area (Å²) in [5.74, 6) is 1.32. The van der Waals surface area contributed by atoms with Crippen molar-refractivity contribution >= 4 is 17.6 Å². The minimum atomic E-state index is -4.52. The Kier molecular flexibility index (Phi) is 8.59. The average Bonchev–Trinajstić information content (AvgIpc) is 3.26. The van der Waals surface area contributed by atoms with Crippen molar-refractivity contribution in [2.24, 2.45) is 0 Å². The first kappa shape index (κ1) is 29.3. The van der Waals surface area contributed by atoms with Gasteiger partial charge in [-0.05, 0) is 0 Å². The summed E-state index contributed by atoms with van der Waals surface area (Å²) in [4.78, 5) is 7.64. The van der Waals surface area contributed by atoms with Crippen LogP contribution in [-0.4, -0.2) is 16.7 Å². The van der Waals surface area contributed by atoms with E-state index in [2.05, 4.69) is 58.1 Å². The number of nitrogens with one attached hydrogen (secondary N) is 1. The fourth-order valence-corrected chi connectivity index (χ4v) is 3.72. The fourth-order valence-electron chi connectivity index (χ4n) is 3.72. The molecule has 2 aromatic carbocycles. The van der Waals surface area contributed by atoms with E-state index in [1.54, 1.807) is 6.33 Å². The molecule has 2 nitrogen and oxygen atoms in total. The Morgan fingerprint density at radius 3 is 1.50 bits per heavy atom.